The first kappa shape index (κ1) is 32.4. The molecule has 3 aliphatic heterocycles. The molecule has 4 amide bonds. The van der Waals surface area contributed by atoms with Crippen LogP contribution in [0.4, 0.5) is 4.39 Å². The molecule has 2 fully saturated rings. The molecule has 2 aromatic carbocycles. The number of benzene rings is 2. The van der Waals surface area contributed by atoms with Gasteiger partial charge in [-0.2, -0.15) is 0 Å². The summed E-state index contributed by atoms with van der Waals surface area (Å²) >= 11 is 0. The van der Waals surface area contributed by atoms with Crippen LogP contribution in [0.1, 0.15) is 62.5 Å². The summed E-state index contributed by atoms with van der Waals surface area (Å²) in [4.78, 5) is 55.5. The van der Waals surface area contributed by atoms with Crippen LogP contribution in [0.3, 0.4) is 0 Å². The highest BCUT2D eigenvalue weighted by Gasteiger charge is 2.35. The number of hydrogen-bond donors (Lipinski definition) is 3. The number of hydrogen-bond acceptors (Lipinski definition) is 6. The average Bonchev–Trinajstić information content (AvgIpc) is 3.72. The molecule has 2 bridgehead atoms. The van der Waals surface area contributed by atoms with Crippen molar-refractivity contribution >= 4 is 23.6 Å². The maximum atomic E-state index is 14.0. The standard InChI is InChI=1S/C34H43FN4O6/c35-25-14-11-23(12-15-25)13-16-29-33(42)37-28(32(41)36-22-27-8-5-19-45-27)9-1-2-18-44-26-7-3-6-24(20-26)21-30(34(43)38-29)39-17-4-10-31(39)40/h3,6-7,11-12,14-15,20,27-30H,1-2,4-5,8-10,13,16-19,21-22H2,(H,36,41)(H,37,42)(H,38,43)/t27-,28-,29-,30-/m0/s1. The van der Waals surface area contributed by atoms with Gasteiger partial charge in [-0.15, -0.1) is 0 Å². The smallest absolute Gasteiger partial charge is 0.243 e. The van der Waals surface area contributed by atoms with Crippen LogP contribution in [-0.2, 0) is 36.8 Å². The Morgan fingerprint density at radius 2 is 1.80 bits per heavy atom. The molecular formula is C34H43FN4O6. The topological polar surface area (TPSA) is 126 Å². The Labute approximate surface area is 263 Å². The minimum Gasteiger partial charge on any atom is -0.494 e. The minimum atomic E-state index is -0.987. The summed E-state index contributed by atoms with van der Waals surface area (Å²) in [6.07, 6.45) is 5.34. The van der Waals surface area contributed by atoms with Gasteiger partial charge in [0.05, 0.1) is 12.7 Å². The lowest BCUT2D eigenvalue weighted by atomic mass is 10.0. The lowest BCUT2D eigenvalue weighted by molar-refractivity contribution is -0.139. The average molecular weight is 623 g/mol. The van der Waals surface area contributed by atoms with Gasteiger partial charge in [-0.25, -0.2) is 4.39 Å². The summed E-state index contributed by atoms with van der Waals surface area (Å²) in [5, 5.41) is 8.75. The fraction of sp³-hybridized carbons (Fsp3) is 0.529. The van der Waals surface area contributed by atoms with Crippen LogP contribution in [0.15, 0.2) is 48.5 Å². The molecule has 11 heteroatoms. The molecule has 0 aromatic heterocycles. The molecule has 0 saturated carbocycles. The third kappa shape index (κ3) is 9.26. The highest BCUT2D eigenvalue weighted by Crippen LogP contribution is 2.22. The first-order valence-electron chi connectivity index (χ1n) is 16.1. The molecule has 242 valence electrons. The molecule has 4 atom stereocenters. The van der Waals surface area contributed by atoms with Crippen molar-refractivity contribution in [1.82, 2.24) is 20.9 Å². The van der Waals surface area contributed by atoms with E-state index in [-0.39, 0.29) is 36.6 Å². The zero-order valence-corrected chi connectivity index (χ0v) is 25.6. The first-order valence-corrected chi connectivity index (χ1v) is 16.1. The van der Waals surface area contributed by atoms with Crippen LogP contribution in [0, 0.1) is 5.82 Å². The van der Waals surface area contributed by atoms with Crippen molar-refractivity contribution < 1.29 is 33.0 Å². The summed E-state index contributed by atoms with van der Waals surface area (Å²) in [5.74, 6) is -1.03. The Hall–Kier alpha value is -3.99. The van der Waals surface area contributed by atoms with Crippen molar-refractivity contribution in [3.05, 3.63) is 65.5 Å². The van der Waals surface area contributed by atoms with Crippen LogP contribution >= 0.6 is 0 Å². The molecular weight excluding hydrogens is 579 g/mol. The van der Waals surface area contributed by atoms with Crippen molar-refractivity contribution in [2.24, 2.45) is 0 Å². The number of nitrogens with zero attached hydrogens (tertiary/aromatic N) is 1. The molecule has 5 rings (SSSR count). The molecule has 3 N–H and O–H groups in total. The Morgan fingerprint density at radius 1 is 0.956 bits per heavy atom. The van der Waals surface area contributed by atoms with E-state index in [2.05, 4.69) is 16.0 Å². The van der Waals surface area contributed by atoms with Gasteiger partial charge < -0.3 is 30.3 Å². The number of ether oxygens (including phenoxy) is 2. The number of nitrogens with one attached hydrogen (secondary N) is 3. The number of aryl methyl sites for hydroxylation is 1. The maximum absolute atomic E-state index is 14.0. The number of halogens is 1. The third-order valence-corrected chi connectivity index (χ3v) is 8.70. The maximum Gasteiger partial charge on any atom is 0.243 e. The van der Waals surface area contributed by atoms with Gasteiger partial charge in [-0.3, -0.25) is 19.2 Å². The van der Waals surface area contributed by atoms with Crippen molar-refractivity contribution in [2.45, 2.75) is 88.4 Å². The van der Waals surface area contributed by atoms with Gasteiger partial charge in [0.2, 0.25) is 23.6 Å². The number of carbonyl (C=O) groups is 4. The normalized spacial score (nSPS) is 24.9. The first-order chi connectivity index (χ1) is 21.9. The highest BCUT2D eigenvalue weighted by atomic mass is 19.1. The summed E-state index contributed by atoms with van der Waals surface area (Å²) in [6.45, 7) is 1.91. The zero-order valence-electron chi connectivity index (χ0n) is 25.6. The Kier molecular flexibility index (Phi) is 11.4. The van der Waals surface area contributed by atoms with E-state index in [0.717, 1.165) is 24.0 Å². The second kappa shape index (κ2) is 15.8. The van der Waals surface area contributed by atoms with Gasteiger partial charge in [0.15, 0.2) is 0 Å². The van der Waals surface area contributed by atoms with Crippen LogP contribution in [0.2, 0.25) is 0 Å². The molecule has 0 radical (unpaired) electrons. The van der Waals surface area contributed by atoms with Gasteiger partial charge in [-0.1, -0.05) is 24.3 Å². The predicted molar refractivity (Wildman–Crippen MR) is 165 cm³/mol. The Bertz CT molecular complexity index is 1330. The Balaban J connectivity index is 1.39. The van der Waals surface area contributed by atoms with Crippen molar-refractivity contribution in [1.29, 1.82) is 0 Å². The lowest BCUT2D eigenvalue weighted by Crippen LogP contribution is -2.57. The molecule has 2 aromatic rings. The lowest BCUT2D eigenvalue weighted by Gasteiger charge is -2.30. The summed E-state index contributed by atoms with van der Waals surface area (Å²) < 4.78 is 25.2. The molecule has 2 saturated heterocycles. The van der Waals surface area contributed by atoms with Crippen LogP contribution in [-0.4, -0.2) is 79.1 Å². The van der Waals surface area contributed by atoms with E-state index in [1.54, 1.807) is 17.0 Å². The summed E-state index contributed by atoms with van der Waals surface area (Å²) in [7, 11) is 0. The van der Waals surface area contributed by atoms with Gasteiger partial charge in [0.1, 0.15) is 29.7 Å². The molecule has 0 aliphatic carbocycles. The van der Waals surface area contributed by atoms with Crippen LogP contribution < -0.4 is 20.7 Å². The summed E-state index contributed by atoms with van der Waals surface area (Å²) in [6, 6.07) is 10.9. The number of fused-ring (bicyclic) bond motifs is 2. The largest absolute Gasteiger partial charge is 0.494 e. The van der Waals surface area contributed by atoms with E-state index in [4.69, 9.17) is 9.47 Å². The predicted octanol–water partition coefficient (Wildman–Crippen LogP) is 2.82. The van der Waals surface area contributed by atoms with Crippen molar-refractivity contribution in [3.8, 4) is 5.75 Å². The molecule has 45 heavy (non-hydrogen) atoms. The SMILES string of the molecule is O=C(NC[C@@H]1CCCO1)[C@@H]1CCCCOc2cccc(c2)C[C@H](N2CCCC2=O)C(=O)N[C@@H](CCc2ccc(F)cc2)C(=O)N1. The van der Waals surface area contributed by atoms with Gasteiger partial charge in [0, 0.05) is 32.5 Å². The van der Waals surface area contributed by atoms with Crippen LogP contribution in [0.5, 0.6) is 5.75 Å². The molecule has 0 spiro atoms. The second-order valence-electron chi connectivity index (χ2n) is 12.1. The van der Waals surface area contributed by atoms with E-state index in [1.165, 1.54) is 12.1 Å². The summed E-state index contributed by atoms with van der Waals surface area (Å²) in [5.41, 5.74) is 1.65. The van der Waals surface area contributed by atoms with E-state index in [0.29, 0.717) is 70.6 Å². The fourth-order valence-electron chi connectivity index (χ4n) is 6.15. The third-order valence-electron chi connectivity index (χ3n) is 8.70. The van der Waals surface area contributed by atoms with Crippen molar-refractivity contribution in [2.75, 3.05) is 26.3 Å². The monoisotopic (exact) mass is 622 g/mol. The number of amides is 4. The van der Waals surface area contributed by atoms with Crippen molar-refractivity contribution in [3.63, 3.8) is 0 Å². The molecule has 0 unspecified atom stereocenters. The number of likely N-dealkylation sites (tertiary alicyclic amines) is 1. The highest BCUT2D eigenvalue weighted by molar-refractivity contribution is 5.94. The molecule has 3 heterocycles. The van der Waals surface area contributed by atoms with Gasteiger partial charge in [-0.05, 0) is 86.8 Å². The van der Waals surface area contributed by atoms with E-state index >= 15 is 0 Å². The van der Waals surface area contributed by atoms with Gasteiger partial charge in [0.25, 0.3) is 0 Å². The Morgan fingerprint density at radius 3 is 2.56 bits per heavy atom. The molecule has 3 aliphatic rings. The van der Waals surface area contributed by atoms with Crippen LogP contribution in [0.25, 0.3) is 0 Å². The number of rotatable bonds is 7. The van der Waals surface area contributed by atoms with E-state index < -0.39 is 29.9 Å². The quantitative estimate of drug-likeness (QED) is 0.436. The zero-order chi connectivity index (χ0) is 31.6. The molecule has 10 nitrogen and oxygen atoms in total. The number of carbonyl (C=O) groups excluding carboxylic acids is 4. The van der Waals surface area contributed by atoms with E-state index in [1.807, 2.05) is 24.3 Å². The second-order valence-corrected chi connectivity index (χ2v) is 12.1. The fourth-order valence-corrected chi connectivity index (χ4v) is 6.15. The van der Waals surface area contributed by atoms with E-state index in [9.17, 15) is 23.6 Å². The minimum absolute atomic E-state index is 0.0482. The van der Waals surface area contributed by atoms with Gasteiger partial charge >= 0.3 is 0 Å².